The summed E-state index contributed by atoms with van der Waals surface area (Å²) in [7, 11) is 0. The van der Waals surface area contributed by atoms with Crippen LogP contribution in [0.2, 0.25) is 5.15 Å². The first-order valence-electron chi connectivity index (χ1n) is 3.28. The molecule has 0 spiro atoms. The zero-order valence-corrected chi connectivity index (χ0v) is 7.75. The lowest BCUT2D eigenvalue weighted by molar-refractivity contribution is 0.530. The fourth-order valence-electron chi connectivity index (χ4n) is 0.944. The van der Waals surface area contributed by atoms with E-state index in [1.807, 2.05) is 0 Å². The molecule has 5 nitrogen and oxygen atoms in total. The molecule has 13 heavy (non-hydrogen) atoms. The second kappa shape index (κ2) is 3.06. The van der Waals surface area contributed by atoms with Gasteiger partial charge >= 0.3 is 0 Å². The van der Waals surface area contributed by atoms with E-state index >= 15 is 0 Å². The summed E-state index contributed by atoms with van der Waals surface area (Å²) >= 11 is 3.24. The van der Waals surface area contributed by atoms with Gasteiger partial charge in [0.1, 0.15) is 10.2 Å². The van der Waals surface area contributed by atoms with Crippen LogP contribution in [0.4, 0.5) is 0 Å². The van der Waals surface area contributed by atoms with Gasteiger partial charge in [0.15, 0.2) is 5.65 Å². The highest BCUT2D eigenvalue weighted by Gasteiger charge is 2.04. The quantitative estimate of drug-likeness (QED) is 0.656. The molecule has 0 aromatic carbocycles. The molecule has 0 fully saturated rings. The van der Waals surface area contributed by atoms with E-state index in [2.05, 4.69) is 10.1 Å². The van der Waals surface area contributed by atoms with Crippen LogP contribution in [-0.4, -0.2) is 23.4 Å². The van der Waals surface area contributed by atoms with Gasteiger partial charge < -0.3 is 4.55 Å². The van der Waals surface area contributed by atoms with Gasteiger partial charge in [-0.05, 0) is 23.2 Å². The van der Waals surface area contributed by atoms with Crippen molar-refractivity contribution in [1.29, 1.82) is 0 Å². The Balaban J connectivity index is 2.79. The first-order chi connectivity index (χ1) is 6.18. The molecule has 0 saturated carbocycles. The third kappa shape index (κ3) is 1.43. The SMILES string of the molecule is O=S([O-])c1cnc2ccc(Cl)nn12. The van der Waals surface area contributed by atoms with Crippen molar-refractivity contribution in [3.8, 4) is 0 Å². The molecule has 0 radical (unpaired) electrons. The molecular formula is C6H3ClN3O2S-. The van der Waals surface area contributed by atoms with Crippen LogP contribution in [0.15, 0.2) is 23.4 Å². The van der Waals surface area contributed by atoms with Crippen molar-refractivity contribution in [1.82, 2.24) is 14.6 Å². The van der Waals surface area contributed by atoms with Crippen molar-refractivity contribution in [3.63, 3.8) is 0 Å². The van der Waals surface area contributed by atoms with Crippen LogP contribution in [0.3, 0.4) is 0 Å². The Hall–Kier alpha value is -0.980. The normalized spacial score (nSPS) is 13.4. The molecule has 0 N–H and O–H groups in total. The fraction of sp³-hybridized carbons (Fsp3) is 0. The molecule has 7 heteroatoms. The molecule has 0 saturated heterocycles. The minimum absolute atomic E-state index is 0.00231. The van der Waals surface area contributed by atoms with Crippen LogP contribution < -0.4 is 0 Å². The van der Waals surface area contributed by atoms with Gasteiger partial charge in [0.05, 0.1) is 6.20 Å². The summed E-state index contributed by atoms with van der Waals surface area (Å²) in [6.45, 7) is 0. The summed E-state index contributed by atoms with van der Waals surface area (Å²) in [5.74, 6) is 0. The van der Waals surface area contributed by atoms with Crippen LogP contribution in [0.1, 0.15) is 0 Å². The molecule has 1 atom stereocenters. The Kier molecular flexibility index (Phi) is 2.03. The Morgan fingerprint density at radius 2 is 2.31 bits per heavy atom. The predicted octanol–water partition coefficient (Wildman–Crippen LogP) is 0.621. The van der Waals surface area contributed by atoms with Gasteiger partial charge in [-0.2, -0.15) is 5.10 Å². The zero-order valence-electron chi connectivity index (χ0n) is 6.18. The number of aromatic nitrogens is 3. The number of halogens is 1. The number of rotatable bonds is 1. The van der Waals surface area contributed by atoms with E-state index in [1.54, 1.807) is 12.1 Å². The summed E-state index contributed by atoms with van der Waals surface area (Å²) in [5.41, 5.74) is 0.448. The predicted molar refractivity (Wildman–Crippen MR) is 45.2 cm³/mol. The monoisotopic (exact) mass is 216 g/mol. The average Bonchev–Trinajstić information content (AvgIpc) is 2.46. The first kappa shape index (κ1) is 8.61. The lowest BCUT2D eigenvalue weighted by atomic mass is 10.6. The van der Waals surface area contributed by atoms with E-state index in [9.17, 15) is 8.76 Å². The van der Waals surface area contributed by atoms with E-state index in [4.69, 9.17) is 11.6 Å². The minimum atomic E-state index is -2.35. The molecular weight excluding hydrogens is 214 g/mol. The van der Waals surface area contributed by atoms with E-state index < -0.39 is 11.1 Å². The standard InChI is InChI=1S/C6H4ClN3O2S/c7-4-1-2-5-8-3-6(13(11)12)10(5)9-4/h1-3H,(H,11,12)/p-1. The fourth-order valence-corrected chi connectivity index (χ4v) is 1.50. The summed E-state index contributed by atoms with van der Waals surface area (Å²) in [6, 6.07) is 3.13. The molecule has 2 aromatic rings. The summed E-state index contributed by atoms with van der Waals surface area (Å²) < 4.78 is 22.5. The molecule has 68 valence electrons. The number of hydrogen-bond acceptors (Lipinski definition) is 4. The Morgan fingerprint density at radius 3 is 3.00 bits per heavy atom. The van der Waals surface area contributed by atoms with Crippen LogP contribution in [0.5, 0.6) is 0 Å². The van der Waals surface area contributed by atoms with Crippen molar-refractivity contribution in [2.24, 2.45) is 0 Å². The maximum Gasteiger partial charge on any atom is 0.154 e. The molecule has 0 aliphatic carbocycles. The van der Waals surface area contributed by atoms with E-state index in [-0.39, 0.29) is 10.2 Å². The number of hydrogen-bond donors (Lipinski definition) is 0. The van der Waals surface area contributed by atoms with Crippen LogP contribution >= 0.6 is 11.6 Å². The molecule has 0 bridgehead atoms. The van der Waals surface area contributed by atoms with Gasteiger partial charge in [-0.25, -0.2) is 9.50 Å². The van der Waals surface area contributed by atoms with Crippen molar-refractivity contribution < 1.29 is 8.76 Å². The van der Waals surface area contributed by atoms with Gasteiger partial charge in [0.25, 0.3) is 0 Å². The summed E-state index contributed by atoms with van der Waals surface area (Å²) in [6.07, 6.45) is 1.22. The third-order valence-corrected chi connectivity index (χ3v) is 2.29. The van der Waals surface area contributed by atoms with Gasteiger partial charge in [-0.3, -0.25) is 4.21 Å². The molecule has 1 unspecified atom stereocenters. The largest absolute Gasteiger partial charge is 0.767 e. The highest BCUT2D eigenvalue weighted by atomic mass is 35.5. The molecule has 0 aliphatic rings. The Bertz CT molecular complexity index is 484. The van der Waals surface area contributed by atoms with Crippen LogP contribution in [-0.2, 0) is 11.1 Å². The van der Waals surface area contributed by atoms with Gasteiger partial charge in [0.2, 0.25) is 0 Å². The average molecular weight is 217 g/mol. The van der Waals surface area contributed by atoms with Crippen LogP contribution in [0.25, 0.3) is 5.65 Å². The molecule has 2 rings (SSSR count). The third-order valence-electron chi connectivity index (χ3n) is 1.47. The van der Waals surface area contributed by atoms with Crippen molar-refractivity contribution in [3.05, 3.63) is 23.5 Å². The number of nitrogens with zero attached hydrogens (tertiary/aromatic N) is 3. The molecule has 0 aliphatic heterocycles. The van der Waals surface area contributed by atoms with Gasteiger partial charge in [0, 0.05) is 0 Å². The highest BCUT2D eigenvalue weighted by molar-refractivity contribution is 7.79. The lowest BCUT2D eigenvalue weighted by Crippen LogP contribution is -1.99. The maximum absolute atomic E-state index is 10.6. The van der Waals surface area contributed by atoms with E-state index in [0.717, 1.165) is 0 Å². The highest BCUT2D eigenvalue weighted by Crippen LogP contribution is 2.10. The summed E-state index contributed by atoms with van der Waals surface area (Å²) in [5, 5.41) is 4.00. The van der Waals surface area contributed by atoms with Gasteiger partial charge in [-0.15, -0.1) is 0 Å². The van der Waals surface area contributed by atoms with Gasteiger partial charge in [-0.1, -0.05) is 11.6 Å². The molecule has 2 aromatic heterocycles. The number of fused-ring (bicyclic) bond motifs is 1. The Morgan fingerprint density at radius 1 is 1.54 bits per heavy atom. The lowest BCUT2D eigenvalue weighted by Gasteiger charge is -2.02. The maximum atomic E-state index is 10.6. The van der Waals surface area contributed by atoms with Crippen molar-refractivity contribution >= 4 is 28.3 Å². The number of imidazole rings is 1. The smallest absolute Gasteiger partial charge is 0.154 e. The minimum Gasteiger partial charge on any atom is -0.767 e. The second-order valence-corrected chi connectivity index (χ2v) is 3.53. The van der Waals surface area contributed by atoms with Crippen molar-refractivity contribution in [2.75, 3.05) is 0 Å². The molecule has 0 amide bonds. The first-order valence-corrected chi connectivity index (χ1v) is 4.73. The zero-order chi connectivity index (χ0) is 9.42. The second-order valence-electron chi connectivity index (χ2n) is 2.26. The van der Waals surface area contributed by atoms with E-state index in [0.29, 0.717) is 5.65 Å². The van der Waals surface area contributed by atoms with E-state index in [1.165, 1.54) is 10.7 Å². The Labute approximate surface area is 80.6 Å². The topological polar surface area (TPSA) is 70.3 Å². The van der Waals surface area contributed by atoms with Crippen molar-refractivity contribution in [2.45, 2.75) is 5.03 Å². The molecule has 2 heterocycles. The summed E-state index contributed by atoms with van der Waals surface area (Å²) in [4.78, 5) is 3.83. The van der Waals surface area contributed by atoms with Crippen LogP contribution in [0, 0.1) is 0 Å².